The molecule has 4 nitrogen and oxygen atoms in total. The molecule has 21 heavy (non-hydrogen) atoms. The van der Waals surface area contributed by atoms with E-state index in [2.05, 4.69) is 40.0 Å². The van der Waals surface area contributed by atoms with Crippen LogP contribution in [0.15, 0.2) is 12.4 Å². The summed E-state index contributed by atoms with van der Waals surface area (Å²) in [5, 5.41) is 8.33. The van der Waals surface area contributed by atoms with Crippen molar-refractivity contribution in [3.63, 3.8) is 0 Å². The van der Waals surface area contributed by atoms with E-state index in [9.17, 15) is 0 Å². The van der Waals surface area contributed by atoms with Gasteiger partial charge in [0.15, 0.2) is 0 Å². The monoisotopic (exact) mass is 290 g/mol. The van der Waals surface area contributed by atoms with Crippen molar-refractivity contribution >= 4 is 5.69 Å². The van der Waals surface area contributed by atoms with E-state index in [1.165, 1.54) is 44.2 Å². The summed E-state index contributed by atoms with van der Waals surface area (Å²) in [6.07, 6.45) is 12.6. The van der Waals surface area contributed by atoms with Crippen molar-refractivity contribution in [2.75, 3.05) is 24.5 Å². The van der Waals surface area contributed by atoms with Gasteiger partial charge in [0.25, 0.3) is 0 Å². The molecule has 2 aliphatic rings. The zero-order chi connectivity index (χ0) is 14.7. The van der Waals surface area contributed by atoms with Gasteiger partial charge in [0, 0.05) is 31.4 Å². The van der Waals surface area contributed by atoms with Crippen molar-refractivity contribution in [1.29, 1.82) is 0 Å². The van der Waals surface area contributed by atoms with Gasteiger partial charge in [0.05, 0.1) is 11.9 Å². The van der Waals surface area contributed by atoms with Crippen LogP contribution in [0.4, 0.5) is 5.69 Å². The third-order valence-corrected chi connectivity index (χ3v) is 5.13. The minimum Gasteiger partial charge on any atom is -0.367 e. The molecular formula is C17H30N4. The van der Waals surface area contributed by atoms with Crippen molar-refractivity contribution in [3.8, 4) is 0 Å². The van der Waals surface area contributed by atoms with E-state index in [-0.39, 0.29) is 0 Å². The Morgan fingerprint density at radius 2 is 2.00 bits per heavy atom. The molecule has 2 heterocycles. The van der Waals surface area contributed by atoms with Crippen molar-refractivity contribution < 1.29 is 0 Å². The minimum absolute atomic E-state index is 0.443. The van der Waals surface area contributed by atoms with Crippen LogP contribution >= 0.6 is 0 Å². The van der Waals surface area contributed by atoms with Crippen molar-refractivity contribution in [3.05, 3.63) is 12.4 Å². The molecule has 1 aromatic rings. The second-order valence-electron chi connectivity index (χ2n) is 7.03. The van der Waals surface area contributed by atoms with E-state index in [0.29, 0.717) is 12.1 Å². The quantitative estimate of drug-likeness (QED) is 0.928. The van der Waals surface area contributed by atoms with E-state index in [1.807, 2.05) is 6.20 Å². The molecule has 0 spiro atoms. The molecule has 1 aliphatic heterocycles. The molecule has 118 valence electrons. The second kappa shape index (κ2) is 6.82. The standard InChI is InChI=1S/C17H30N4/c1-14(2)21-12-16(11-19-21)20-10-6-9-18-17(13-20)15-7-4-3-5-8-15/h11-12,14-15,17-18H,3-10,13H2,1-2H3. The number of nitrogens with one attached hydrogen (secondary N) is 1. The fraction of sp³-hybridized carbons (Fsp3) is 0.824. The number of anilines is 1. The van der Waals surface area contributed by atoms with Crippen molar-refractivity contribution in [1.82, 2.24) is 15.1 Å². The van der Waals surface area contributed by atoms with Gasteiger partial charge in [-0.1, -0.05) is 19.3 Å². The largest absolute Gasteiger partial charge is 0.367 e. The lowest BCUT2D eigenvalue weighted by molar-refractivity contribution is 0.277. The number of hydrogen-bond donors (Lipinski definition) is 1. The highest BCUT2D eigenvalue weighted by atomic mass is 15.3. The maximum absolute atomic E-state index is 4.51. The molecule has 1 saturated carbocycles. The molecule has 2 fully saturated rings. The van der Waals surface area contributed by atoms with Crippen LogP contribution in [0, 0.1) is 5.92 Å². The van der Waals surface area contributed by atoms with Crippen LogP contribution in [-0.2, 0) is 0 Å². The van der Waals surface area contributed by atoms with E-state index < -0.39 is 0 Å². The van der Waals surface area contributed by atoms with Gasteiger partial charge in [0.1, 0.15) is 0 Å². The molecule has 1 unspecified atom stereocenters. The first-order valence-corrected chi connectivity index (χ1v) is 8.76. The molecule has 0 radical (unpaired) electrons. The lowest BCUT2D eigenvalue weighted by atomic mass is 9.83. The summed E-state index contributed by atoms with van der Waals surface area (Å²) in [4.78, 5) is 2.55. The summed E-state index contributed by atoms with van der Waals surface area (Å²) >= 11 is 0. The Labute approximate surface area is 128 Å². The van der Waals surface area contributed by atoms with Crippen LogP contribution in [0.5, 0.6) is 0 Å². The van der Waals surface area contributed by atoms with E-state index in [4.69, 9.17) is 0 Å². The molecule has 0 amide bonds. The first kappa shape index (κ1) is 14.9. The van der Waals surface area contributed by atoms with Gasteiger partial charge in [-0.15, -0.1) is 0 Å². The van der Waals surface area contributed by atoms with Gasteiger partial charge in [-0.05, 0) is 45.6 Å². The van der Waals surface area contributed by atoms with E-state index in [0.717, 1.165) is 25.6 Å². The third kappa shape index (κ3) is 3.60. The van der Waals surface area contributed by atoms with Gasteiger partial charge >= 0.3 is 0 Å². The smallest absolute Gasteiger partial charge is 0.0753 e. The summed E-state index contributed by atoms with van der Waals surface area (Å²) in [7, 11) is 0. The summed E-state index contributed by atoms with van der Waals surface area (Å²) in [6.45, 7) is 7.83. The molecule has 1 aliphatic carbocycles. The maximum Gasteiger partial charge on any atom is 0.0753 e. The van der Waals surface area contributed by atoms with Crippen LogP contribution in [-0.4, -0.2) is 35.5 Å². The number of nitrogens with zero attached hydrogens (tertiary/aromatic N) is 3. The fourth-order valence-corrected chi connectivity index (χ4v) is 3.81. The molecule has 1 aromatic heterocycles. The van der Waals surface area contributed by atoms with Gasteiger partial charge in [-0.2, -0.15) is 5.10 Å². The highest BCUT2D eigenvalue weighted by Gasteiger charge is 2.27. The maximum atomic E-state index is 4.51. The molecule has 1 atom stereocenters. The highest BCUT2D eigenvalue weighted by Crippen LogP contribution is 2.28. The zero-order valence-electron chi connectivity index (χ0n) is 13.6. The Morgan fingerprint density at radius 1 is 1.19 bits per heavy atom. The average molecular weight is 290 g/mol. The SMILES string of the molecule is CC(C)n1cc(N2CCCNC(C3CCCCC3)C2)cn1. The normalized spacial score (nSPS) is 25.3. The summed E-state index contributed by atoms with van der Waals surface area (Å²) in [6, 6.07) is 1.10. The van der Waals surface area contributed by atoms with Crippen LogP contribution in [0.25, 0.3) is 0 Å². The molecule has 0 aromatic carbocycles. The summed E-state index contributed by atoms with van der Waals surface area (Å²) in [5.41, 5.74) is 1.30. The number of aromatic nitrogens is 2. The van der Waals surface area contributed by atoms with Gasteiger partial charge in [-0.3, -0.25) is 4.68 Å². The molecule has 1 N–H and O–H groups in total. The average Bonchev–Trinajstić information content (AvgIpc) is 2.87. The number of hydrogen-bond acceptors (Lipinski definition) is 3. The molecule has 4 heteroatoms. The molecule has 0 bridgehead atoms. The Balaban J connectivity index is 1.68. The topological polar surface area (TPSA) is 33.1 Å². The Kier molecular flexibility index (Phi) is 4.84. The van der Waals surface area contributed by atoms with Gasteiger partial charge < -0.3 is 10.2 Å². The summed E-state index contributed by atoms with van der Waals surface area (Å²) < 4.78 is 2.07. The van der Waals surface area contributed by atoms with Crippen LogP contribution in [0.1, 0.15) is 58.4 Å². The zero-order valence-corrected chi connectivity index (χ0v) is 13.6. The minimum atomic E-state index is 0.443. The molecule has 1 saturated heterocycles. The van der Waals surface area contributed by atoms with Crippen molar-refractivity contribution in [2.24, 2.45) is 5.92 Å². The van der Waals surface area contributed by atoms with Crippen LogP contribution in [0.2, 0.25) is 0 Å². The predicted molar refractivity (Wildman–Crippen MR) is 87.8 cm³/mol. The Bertz CT molecular complexity index is 434. The highest BCUT2D eigenvalue weighted by molar-refractivity contribution is 5.43. The first-order chi connectivity index (χ1) is 10.2. The lowest BCUT2D eigenvalue weighted by Crippen LogP contribution is -2.43. The lowest BCUT2D eigenvalue weighted by Gasteiger charge is -2.33. The van der Waals surface area contributed by atoms with E-state index in [1.54, 1.807) is 0 Å². The van der Waals surface area contributed by atoms with Crippen molar-refractivity contribution in [2.45, 2.75) is 64.5 Å². The second-order valence-corrected chi connectivity index (χ2v) is 7.03. The first-order valence-electron chi connectivity index (χ1n) is 8.76. The number of rotatable bonds is 3. The van der Waals surface area contributed by atoms with Gasteiger partial charge in [-0.25, -0.2) is 0 Å². The van der Waals surface area contributed by atoms with E-state index >= 15 is 0 Å². The molecular weight excluding hydrogens is 260 g/mol. The fourth-order valence-electron chi connectivity index (χ4n) is 3.81. The van der Waals surface area contributed by atoms with Crippen LogP contribution < -0.4 is 10.2 Å². The Hall–Kier alpha value is -1.03. The molecule has 3 rings (SSSR count). The third-order valence-electron chi connectivity index (χ3n) is 5.13. The predicted octanol–water partition coefficient (Wildman–Crippen LogP) is 3.21. The van der Waals surface area contributed by atoms with Gasteiger partial charge in [0.2, 0.25) is 0 Å². The Morgan fingerprint density at radius 3 is 2.71 bits per heavy atom. The van der Waals surface area contributed by atoms with Crippen LogP contribution in [0.3, 0.4) is 0 Å². The summed E-state index contributed by atoms with van der Waals surface area (Å²) in [5.74, 6) is 0.875.